The van der Waals surface area contributed by atoms with Crippen molar-refractivity contribution in [3.63, 3.8) is 0 Å². The quantitative estimate of drug-likeness (QED) is 0.817. The fraction of sp³-hybridized carbons (Fsp3) is 0.786. The Morgan fingerprint density at radius 2 is 2.11 bits per heavy atom. The van der Waals surface area contributed by atoms with Gasteiger partial charge in [-0.2, -0.15) is 0 Å². The number of hydrogen-bond acceptors (Lipinski definition) is 3. The first-order valence-corrected chi connectivity index (χ1v) is 7.20. The second kappa shape index (κ2) is 6.34. The lowest BCUT2D eigenvalue weighted by atomic mass is 9.84. The fourth-order valence-electron chi connectivity index (χ4n) is 2.79. The molecule has 2 N–H and O–H groups in total. The van der Waals surface area contributed by atoms with Crippen molar-refractivity contribution in [3.8, 4) is 0 Å². The van der Waals surface area contributed by atoms with Crippen molar-refractivity contribution in [2.75, 3.05) is 13.2 Å². The molecule has 102 valence electrons. The maximum Gasteiger partial charge on any atom is 0.138 e. The van der Waals surface area contributed by atoms with E-state index in [1.54, 1.807) is 0 Å². The van der Waals surface area contributed by atoms with Crippen molar-refractivity contribution in [1.29, 1.82) is 0 Å². The van der Waals surface area contributed by atoms with E-state index in [0.29, 0.717) is 0 Å². The first kappa shape index (κ1) is 13.6. The zero-order valence-electron chi connectivity index (χ0n) is 11.6. The van der Waals surface area contributed by atoms with Crippen LogP contribution in [0.15, 0.2) is 6.20 Å². The fourth-order valence-corrected chi connectivity index (χ4v) is 2.79. The SMILES string of the molecule is CCNCc1cnc(C2(OCC)CCCCC2)[nH]1. The molecule has 1 aliphatic carbocycles. The van der Waals surface area contributed by atoms with Crippen LogP contribution in [0.1, 0.15) is 57.5 Å². The van der Waals surface area contributed by atoms with Crippen LogP contribution in [0.25, 0.3) is 0 Å². The summed E-state index contributed by atoms with van der Waals surface area (Å²) in [6.45, 7) is 6.76. The summed E-state index contributed by atoms with van der Waals surface area (Å²) in [5.41, 5.74) is 0.994. The largest absolute Gasteiger partial charge is 0.367 e. The van der Waals surface area contributed by atoms with Gasteiger partial charge in [0.05, 0.1) is 0 Å². The van der Waals surface area contributed by atoms with Crippen LogP contribution < -0.4 is 5.32 Å². The molecule has 0 amide bonds. The molecule has 1 aromatic heterocycles. The minimum atomic E-state index is -0.155. The second-order valence-corrected chi connectivity index (χ2v) is 5.03. The molecular weight excluding hydrogens is 226 g/mol. The van der Waals surface area contributed by atoms with Gasteiger partial charge in [0.2, 0.25) is 0 Å². The third-order valence-electron chi connectivity index (χ3n) is 3.71. The Balaban J connectivity index is 2.12. The first-order valence-electron chi connectivity index (χ1n) is 7.20. The van der Waals surface area contributed by atoms with Crippen molar-refractivity contribution in [2.45, 2.75) is 58.1 Å². The van der Waals surface area contributed by atoms with Crippen molar-refractivity contribution >= 4 is 0 Å². The van der Waals surface area contributed by atoms with Crippen molar-refractivity contribution in [1.82, 2.24) is 15.3 Å². The molecule has 0 radical (unpaired) electrons. The van der Waals surface area contributed by atoms with Crippen LogP contribution in [0.2, 0.25) is 0 Å². The van der Waals surface area contributed by atoms with E-state index in [2.05, 4.69) is 29.1 Å². The molecule has 1 fully saturated rings. The highest BCUT2D eigenvalue weighted by molar-refractivity contribution is 5.10. The van der Waals surface area contributed by atoms with Gasteiger partial charge < -0.3 is 15.0 Å². The summed E-state index contributed by atoms with van der Waals surface area (Å²) in [6.07, 6.45) is 7.92. The van der Waals surface area contributed by atoms with E-state index in [4.69, 9.17) is 4.74 Å². The van der Waals surface area contributed by atoms with Gasteiger partial charge in [-0.1, -0.05) is 26.2 Å². The first-order chi connectivity index (χ1) is 8.80. The molecule has 1 aliphatic rings. The minimum Gasteiger partial charge on any atom is -0.367 e. The Hall–Kier alpha value is -0.870. The molecule has 1 aromatic rings. The summed E-state index contributed by atoms with van der Waals surface area (Å²) in [7, 11) is 0. The molecule has 1 heterocycles. The summed E-state index contributed by atoms with van der Waals surface area (Å²) >= 11 is 0. The van der Waals surface area contributed by atoms with Crippen molar-refractivity contribution in [3.05, 3.63) is 17.7 Å². The Bertz CT molecular complexity index is 350. The number of imidazole rings is 1. The zero-order chi connectivity index (χ0) is 12.8. The van der Waals surface area contributed by atoms with E-state index < -0.39 is 0 Å². The van der Waals surface area contributed by atoms with E-state index >= 15 is 0 Å². The topological polar surface area (TPSA) is 49.9 Å². The van der Waals surface area contributed by atoms with Gasteiger partial charge in [-0.05, 0) is 26.3 Å². The van der Waals surface area contributed by atoms with Crippen molar-refractivity contribution in [2.24, 2.45) is 0 Å². The Morgan fingerprint density at radius 3 is 2.78 bits per heavy atom. The van der Waals surface area contributed by atoms with Gasteiger partial charge in [0.15, 0.2) is 0 Å². The summed E-state index contributed by atoms with van der Waals surface area (Å²) in [4.78, 5) is 8.01. The maximum absolute atomic E-state index is 6.06. The standard InChI is InChI=1S/C14H25N3O/c1-3-15-10-12-11-16-13(17-12)14(18-4-2)8-6-5-7-9-14/h11,15H,3-10H2,1-2H3,(H,16,17). The monoisotopic (exact) mass is 251 g/mol. The molecule has 0 aromatic carbocycles. The average Bonchev–Trinajstić information content (AvgIpc) is 2.87. The molecule has 18 heavy (non-hydrogen) atoms. The van der Waals surface area contributed by atoms with Crippen LogP contribution in [-0.2, 0) is 16.9 Å². The highest BCUT2D eigenvalue weighted by Crippen LogP contribution is 2.38. The Kier molecular flexibility index (Phi) is 4.78. The van der Waals surface area contributed by atoms with Gasteiger partial charge in [-0.15, -0.1) is 0 Å². The summed E-state index contributed by atoms with van der Waals surface area (Å²) in [5.74, 6) is 1.02. The molecular formula is C14H25N3O. The number of H-pyrrole nitrogens is 1. The molecule has 4 nitrogen and oxygen atoms in total. The van der Waals surface area contributed by atoms with Gasteiger partial charge in [-0.3, -0.25) is 0 Å². The van der Waals surface area contributed by atoms with E-state index in [1.165, 1.54) is 19.3 Å². The lowest BCUT2D eigenvalue weighted by Gasteiger charge is -2.35. The Morgan fingerprint density at radius 1 is 1.33 bits per heavy atom. The molecule has 0 unspecified atom stereocenters. The van der Waals surface area contributed by atoms with E-state index in [9.17, 15) is 0 Å². The lowest BCUT2D eigenvalue weighted by molar-refractivity contribution is -0.0762. The predicted octanol–water partition coefficient (Wildman–Crippen LogP) is 2.72. The average molecular weight is 251 g/mol. The maximum atomic E-state index is 6.06. The molecule has 0 saturated heterocycles. The highest BCUT2D eigenvalue weighted by atomic mass is 16.5. The van der Waals surface area contributed by atoms with Gasteiger partial charge >= 0.3 is 0 Å². The van der Waals surface area contributed by atoms with E-state index in [0.717, 1.165) is 44.1 Å². The molecule has 4 heteroatoms. The molecule has 0 atom stereocenters. The van der Waals surface area contributed by atoms with Gasteiger partial charge in [0, 0.05) is 25.0 Å². The van der Waals surface area contributed by atoms with Gasteiger partial charge in [0.25, 0.3) is 0 Å². The molecule has 2 rings (SSSR count). The van der Waals surface area contributed by atoms with Crippen LogP contribution in [0.4, 0.5) is 0 Å². The number of nitrogens with one attached hydrogen (secondary N) is 2. The molecule has 0 spiro atoms. The third kappa shape index (κ3) is 2.93. The summed E-state index contributed by atoms with van der Waals surface area (Å²) in [5, 5.41) is 3.31. The van der Waals surface area contributed by atoms with Crippen LogP contribution in [0.5, 0.6) is 0 Å². The highest BCUT2D eigenvalue weighted by Gasteiger charge is 2.37. The van der Waals surface area contributed by atoms with Crippen LogP contribution in [0.3, 0.4) is 0 Å². The van der Waals surface area contributed by atoms with Crippen LogP contribution in [-0.4, -0.2) is 23.1 Å². The van der Waals surface area contributed by atoms with E-state index in [-0.39, 0.29) is 5.60 Å². The smallest absolute Gasteiger partial charge is 0.138 e. The zero-order valence-corrected chi connectivity index (χ0v) is 11.6. The summed E-state index contributed by atoms with van der Waals surface area (Å²) < 4.78 is 6.06. The number of hydrogen-bond donors (Lipinski definition) is 2. The number of aromatic nitrogens is 2. The normalized spacial score (nSPS) is 19.0. The Labute approximate surface area is 110 Å². The number of nitrogens with zero attached hydrogens (tertiary/aromatic N) is 1. The minimum absolute atomic E-state index is 0.155. The number of aromatic amines is 1. The van der Waals surface area contributed by atoms with Crippen molar-refractivity contribution < 1.29 is 4.74 Å². The third-order valence-corrected chi connectivity index (χ3v) is 3.71. The molecule has 1 saturated carbocycles. The predicted molar refractivity (Wildman–Crippen MR) is 72.4 cm³/mol. The van der Waals surface area contributed by atoms with Gasteiger partial charge in [-0.25, -0.2) is 4.98 Å². The van der Waals surface area contributed by atoms with E-state index in [1.807, 2.05) is 6.20 Å². The second-order valence-electron chi connectivity index (χ2n) is 5.03. The van der Waals surface area contributed by atoms with Crippen LogP contribution >= 0.6 is 0 Å². The van der Waals surface area contributed by atoms with Crippen LogP contribution in [0, 0.1) is 0 Å². The number of rotatable bonds is 6. The lowest BCUT2D eigenvalue weighted by Crippen LogP contribution is -2.33. The molecule has 0 bridgehead atoms. The molecule has 0 aliphatic heterocycles. The summed E-state index contributed by atoms with van der Waals surface area (Å²) in [6, 6.07) is 0. The van der Waals surface area contributed by atoms with Gasteiger partial charge in [0.1, 0.15) is 11.4 Å². The number of ether oxygens (including phenoxy) is 1.